The van der Waals surface area contributed by atoms with E-state index in [2.05, 4.69) is 78.0 Å². The van der Waals surface area contributed by atoms with E-state index in [1.807, 2.05) is 42.6 Å². The Balaban J connectivity index is 1.67. The Labute approximate surface area is 229 Å². The minimum Gasteiger partial charge on any atom is -0.497 e. The smallest absolute Gasteiger partial charge is 0.174 e. The highest BCUT2D eigenvalue weighted by atomic mass is 32.1. The molecule has 3 heterocycles. The van der Waals surface area contributed by atoms with Gasteiger partial charge in [-0.2, -0.15) is 0 Å². The molecular formula is C30H33N5O2S. The zero-order chi connectivity index (χ0) is 27.0. The molecular weight excluding hydrogens is 494 g/mol. The number of nitrogens with one attached hydrogen (secondary N) is 1. The number of anilines is 2. The third-order valence-electron chi connectivity index (χ3n) is 7.16. The van der Waals surface area contributed by atoms with Gasteiger partial charge in [-0.3, -0.25) is 4.98 Å². The molecule has 0 saturated carbocycles. The van der Waals surface area contributed by atoms with Crippen LogP contribution in [0, 0.1) is 13.8 Å². The maximum absolute atomic E-state index is 5.95. The van der Waals surface area contributed by atoms with Crippen molar-refractivity contribution in [2.45, 2.75) is 25.9 Å². The van der Waals surface area contributed by atoms with Crippen LogP contribution in [0.3, 0.4) is 0 Å². The molecule has 0 bridgehead atoms. The molecule has 1 N–H and O–H groups in total. The quantitative estimate of drug-likeness (QED) is 0.307. The van der Waals surface area contributed by atoms with Crippen molar-refractivity contribution < 1.29 is 9.47 Å². The third kappa shape index (κ3) is 4.45. The Hall–Kier alpha value is -4.04. The first-order valence-corrected chi connectivity index (χ1v) is 12.9. The normalized spacial score (nSPS) is 16.9. The van der Waals surface area contributed by atoms with Crippen LogP contribution in [0.5, 0.6) is 11.5 Å². The van der Waals surface area contributed by atoms with E-state index >= 15 is 0 Å². The van der Waals surface area contributed by atoms with E-state index in [0.717, 1.165) is 39.9 Å². The van der Waals surface area contributed by atoms with E-state index in [1.165, 1.54) is 5.56 Å². The van der Waals surface area contributed by atoms with Gasteiger partial charge in [0, 0.05) is 49.1 Å². The number of benzene rings is 2. The van der Waals surface area contributed by atoms with Crippen LogP contribution in [0.2, 0.25) is 0 Å². The number of methoxy groups -OCH3 is 2. The maximum atomic E-state index is 5.95. The first kappa shape index (κ1) is 25.6. The summed E-state index contributed by atoms with van der Waals surface area (Å²) >= 11 is 5.95. The Morgan fingerprint density at radius 1 is 0.947 bits per heavy atom. The maximum Gasteiger partial charge on any atom is 0.174 e. The van der Waals surface area contributed by atoms with Crippen LogP contribution in [-0.4, -0.2) is 43.0 Å². The molecule has 1 aliphatic rings. The number of rotatable bonds is 7. The van der Waals surface area contributed by atoms with Crippen molar-refractivity contribution in [1.29, 1.82) is 0 Å². The number of aryl methyl sites for hydroxylation is 1. The Kier molecular flexibility index (Phi) is 6.99. The van der Waals surface area contributed by atoms with Crippen molar-refractivity contribution in [3.05, 3.63) is 95.6 Å². The molecule has 1 saturated heterocycles. The van der Waals surface area contributed by atoms with Crippen molar-refractivity contribution in [3.8, 4) is 17.2 Å². The van der Waals surface area contributed by atoms with Crippen LogP contribution >= 0.6 is 12.2 Å². The molecule has 2 aromatic heterocycles. The molecule has 0 aliphatic carbocycles. The van der Waals surface area contributed by atoms with Crippen LogP contribution in [-0.2, 0) is 0 Å². The van der Waals surface area contributed by atoms with E-state index in [4.69, 9.17) is 26.7 Å². The van der Waals surface area contributed by atoms with Crippen LogP contribution in [0.1, 0.15) is 34.7 Å². The highest BCUT2D eigenvalue weighted by Gasteiger charge is 2.43. The largest absolute Gasteiger partial charge is 0.497 e. The summed E-state index contributed by atoms with van der Waals surface area (Å²) in [6.45, 7) is 4.31. The Morgan fingerprint density at radius 3 is 2.34 bits per heavy atom. The minimum absolute atomic E-state index is 0.152. The van der Waals surface area contributed by atoms with E-state index in [9.17, 15) is 0 Å². The number of hydrogen-bond acceptors (Lipinski definition) is 5. The zero-order valence-corrected chi connectivity index (χ0v) is 23.4. The van der Waals surface area contributed by atoms with E-state index in [1.54, 1.807) is 14.2 Å². The molecule has 4 aromatic rings. The van der Waals surface area contributed by atoms with Gasteiger partial charge < -0.3 is 29.2 Å². The average molecular weight is 528 g/mol. The first-order chi connectivity index (χ1) is 18.3. The van der Waals surface area contributed by atoms with E-state index in [0.29, 0.717) is 10.9 Å². The molecule has 0 spiro atoms. The molecule has 38 heavy (non-hydrogen) atoms. The number of pyridine rings is 1. The first-order valence-electron chi connectivity index (χ1n) is 12.5. The lowest BCUT2D eigenvalue weighted by Crippen LogP contribution is -2.30. The summed E-state index contributed by atoms with van der Waals surface area (Å²) in [6.07, 6.45) is 1.82. The molecule has 2 aromatic carbocycles. The number of hydrogen-bond donors (Lipinski definition) is 1. The summed E-state index contributed by atoms with van der Waals surface area (Å²) in [5.41, 5.74) is 7.54. The molecule has 0 radical (unpaired) electrons. The van der Waals surface area contributed by atoms with Crippen molar-refractivity contribution in [2.75, 3.05) is 38.1 Å². The SMILES string of the molecule is COc1ccc(N2C(=S)NC(c3ccccn3)C2c2cc(C)n(-c3ccc(N(C)C)cc3)c2C)c(OC)c1. The molecule has 5 rings (SSSR count). The fourth-order valence-corrected chi connectivity index (χ4v) is 5.64. The van der Waals surface area contributed by atoms with Gasteiger partial charge in [-0.1, -0.05) is 6.07 Å². The Bertz CT molecular complexity index is 1450. The predicted octanol–water partition coefficient (Wildman–Crippen LogP) is 5.75. The van der Waals surface area contributed by atoms with Gasteiger partial charge in [0.1, 0.15) is 11.5 Å². The number of aromatic nitrogens is 2. The lowest BCUT2D eigenvalue weighted by molar-refractivity contribution is 0.394. The summed E-state index contributed by atoms with van der Waals surface area (Å²) in [7, 11) is 7.42. The molecule has 1 fully saturated rings. The fourth-order valence-electron chi connectivity index (χ4n) is 5.30. The van der Waals surface area contributed by atoms with Crippen LogP contribution in [0.4, 0.5) is 11.4 Å². The second kappa shape index (κ2) is 10.4. The molecule has 2 atom stereocenters. The lowest BCUT2D eigenvalue weighted by Gasteiger charge is -2.29. The van der Waals surface area contributed by atoms with Gasteiger partial charge >= 0.3 is 0 Å². The van der Waals surface area contributed by atoms with E-state index < -0.39 is 0 Å². The van der Waals surface area contributed by atoms with Crippen molar-refractivity contribution in [1.82, 2.24) is 14.9 Å². The van der Waals surface area contributed by atoms with Crippen LogP contribution < -0.4 is 24.6 Å². The highest BCUT2D eigenvalue weighted by molar-refractivity contribution is 7.80. The van der Waals surface area contributed by atoms with Crippen LogP contribution in [0.15, 0.2) is 72.9 Å². The van der Waals surface area contributed by atoms with Crippen molar-refractivity contribution in [3.63, 3.8) is 0 Å². The Morgan fingerprint density at radius 2 is 1.71 bits per heavy atom. The minimum atomic E-state index is -0.152. The number of nitrogens with zero attached hydrogens (tertiary/aromatic N) is 4. The lowest BCUT2D eigenvalue weighted by atomic mass is 9.96. The molecule has 1 aliphatic heterocycles. The summed E-state index contributed by atoms with van der Waals surface area (Å²) in [5.74, 6) is 1.41. The van der Waals surface area contributed by atoms with Gasteiger partial charge in [0.15, 0.2) is 5.11 Å². The number of ether oxygens (including phenoxy) is 2. The summed E-state index contributed by atoms with van der Waals surface area (Å²) in [6, 6.07) is 22.4. The van der Waals surface area contributed by atoms with Gasteiger partial charge in [0.25, 0.3) is 0 Å². The summed E-state index contributed by atoms with van der Waals surface area (Å²) < 4.78 is 13.5. The summed E-state index contributed by atoms with van der Waals surface area (Å²) in [4.78, 5) is 8.95. The van der Waals surface area contributed by atoms with Gasteiger partial charge in [-0.25, -0.2) is 0 Å². The monoisotopic (exact) mass is 527 g/mol. The fraction of sp³-hybridized carbons (Fsp3) is 0.267. The zero-order valence-electron chi connectivity index (χ0n) is 22.6. The third-order valence-corrected chi connectivity index (χ3v) is 7.47. The van der Waals surface area contributed by atoms with Gasteiger partial charge in [0.2, 0.25) is 0 Å². The van der Waals surface area contributed by atoms with Gasteiger partial charge in [-0.15, -0.1) is 0 Å². The van der Waals surface area contributed by atoms with Crippen molar-refractivity contribution in [2.24, 2.45) is 0 Å². The predicted molar refractivity (Wildman–Crippen MR) is 157 cm³/mol. The second-order valence-electron chi connectivity index (χ2n) is 9.61. The van der Waals surface area contributed by atoms with Crippen LogP contribution in [0.25, 0.3) is 5.69 Å². The standard InChI is InChI=1S/C30H33N5O2S/c1-19-17-24(20(2)34(19)22-12-10-21(11-13-22)33(3)4)29-28(25-9-7-8-16-31-25)32-30(38)35(29)26-15-14-23(36-5)18-27(26)37-6/h7-18,28-29H,1-6H3,(H,32,38). The molecule has 8 heteroatoms. The molecule has 2 unspecified atom stereocenters. The van der Waals surface area contributed by atoms with Gasteiger partial charge in [-0.05, 0) is 86.2 Å². The van der Waals surface area contributed by atoms with E-state index in [-0.39, 0.29) is 12.1 Å². The number of thiocarbonyl (C=S) groups is 1. The van der Waals surface area contributed by atoms with Crippen molar-refractivity contribution >= 4 is 28.7 Å². The topological polar surface area (TPSA) is 54.8 Å². The molecule has 7 nitrogen and oxygen atoms in total. The molecule has 196 valence electrons. The molecule has 0 amide bonds. The average Bonchev–Trinajstić information content (AvgIpc) is 3.43. The highest BCUT2D eigenvalue weighted by Crippen LogP contribution is 2.46. The van der Waals surface area contributed by atoms with Gasteiger partial charge in [0.05, 0.1) is 37.7 Å². The summed E-state index contributed by atoms with van der Waals surface area (Å²) in [5, 5.41) is 4.18. The second-order valence-corrected chi connectivity index (χ2v) is 9.99.